The zero-order chi connectivity index (χ0) is 23.1. The first kappa shape index (κ1) is 21.2. The SMILES string of the molecule is CC(C)(C)OC(=O)N1CCN(c2cnncc2N=Cc2ccc3nccnc3c2)CC12CC2. The fourth-order valence-electron chi connectivity index (χ4n) is 4.21. The molecule has 3 heterocycles. The van der Waals surface area contributed by atoms with E-state index in [0.717, 1.165) is 47.4 Å². The number of anilines is 1. The summed E-state index contributed by atoms with van der Waals surface area (Å²) < 4.78 is 5.65. The highest BCUT2D eigenvalue weighted by atomic mass is 16.6. The fraction of sp³-hybridized carbons (Fsp3) is 0.417. The zero-order valence-corrected chi connectivity index (χ0v) is 19.1. The molecule has 1 saturated heterocycles. The highest BCUT2D eigenvalue weighted by molar-refractivity contribution is 5.89. The van der Waals surface area contributed by atoms with Gasteiger partial charge in [0, 0.05) is 38.2 Å². The first-order valence-electron chi connectivity index (χ1n) is 11.1. The number of hydrogen-bond donors (Lipinski definition) is 0. The van der Waals surface area contributed by atoms with E-state index in [-0.39, 0.29) is 11.6 Å². The fourth-order valence-corrected chi connectivity index (χ4v) is 4.21. The monoisotopic (exact) mass is 445 g/mol. The average molecular weight is 446 g/mol. The first-order chi connectivity index (χ1) is 15.8. The van der Waals surface area contributed by atoms with Crippen molar-refractivity contribution >= 4 is 34.7 Å². The van der Waals surface area contributed by atoms with Crippen LogP contribution in [0.1, 0.15) is 39.2 Å². The van der Waals surface area contributed by atoms with Crippen LogP contribution in [0.15, 0.2) is 48.0 Å². The van der Waals surface area contributed by atoms with Crippen LogP contribution >= 0.6 is 0 Å². The predicted molar refractivity (Wildman–Crippen MR) is 126 cm³/mol. The Morgan fingerprint density at radius 2 is 1.85 bits per heavy atom. The Kier molecular flexibility index (Phi) is 5.19. The number of amides is 1. The van der Waals surface area contributed by atoms with Crippen molar-refractivity contribution in [3.63, 3.8) is 0 Å². The molecule has 9 heteroatoms. The number of ether oxygens (including phenoxy) is 1. The molecule has 0 radical (unpaired) electrons. The number of benzene rings is 1. The zero-order valence-electron chi connectivity index (χ0n) is 19.1. The van der Waals surface area contributed by atoms with Gasteiger partial charge in [0.1, 0.15) is 11.3 Å². The molecular formula is C24H27N7O2. The number of aliphatic imine (C=N–C) groups is 1. The maximum absolute atomic E-state index is 12.8. The molecule has 9 nitrogen and oxygen atoms in total. The molecule has 3 aromatic rings. The number of carbonyl (C=O) groups is 1. The van der Waals surface area contributed by atoms with Gasteiger partial charge in [-0.3, -0.25) is 19.9 Å². The Labute approximate surface area is 192 Å². The average Bonchev–Trinajstić information content (AvgIpc) is 3.55. The normalized spacial score (nSPS) is 17.7. The van der Waals surface area contributed by atoms with Gasteiger partial charge in [0.15, 0.2) is 0 Å². The summed E-state index contributed by atoms with van der Waals surface area (Å²) in [4.78, 5) is 30.3. The van der Waals surface area contributed by atoms with Crippen LogP contribution in [0.25, 0.3) is 11.0 Å². The molecule has 2 fully saturated rings. The van der Waals surface area contributed by atoms with Gasteiger partial charge in [0.2, 0.25) is 0 Å². The molecule has 1 aliphatic carbocycles. The van der Waals surface area contributed by atoms with Crippen LogP contribution in [0.5, 0.6) is 0 Å². The van der Waals surface area contributed by atoms with Crippen LogP contribution in [0, 0.1) is 0 Å². The maximum Gasteiger partial charge on any atom is 0.410 e. The Bertz CT molecular complexity index is 1220. The van der Waals surface area contributed by atoms with Gasteiger partial charge in [-0.1, -0.05) is 6.07 Å². The van der Waals surface area contributed by atoms with Crippen LogP contribution in [0.3, 0.4) is 0 Å². The van der Waals surface area contributed by atoms with Gasteiger partial charge in [0.25, 0.3) is 0 Å². The summed E-state index contributed by atoms with van der Waals surface area (Å²) in [5.74, 6) is 0. The van der Waals surface area contributed by atoms with Gasteiger partial charge in [0.05, 0.1) is 34.7 Å². The highest BCUT2D eigenvalue weighted by Crippen LogP contribution is 2.46. The third-order valence-electron chi connectivity index (χ3n) is 5.97. The summed E-state index contributed by atoms with van der Waals surface area (Å²) in [6.07, 6.45) is 10.3. The smallest absolute Gasteiger partial charge is 0.410 e. The molecular weight excluding hydrogens is 418 g/mol. The molecule has 170 valence electrons. The lowest BCUT2D eigenvalue weighted by Crippen LogP contribution is -2.58. The molecule has 0 bridgehead atoms. The molecule has 1 saturated carbocycles. The molecule has 2 aliphatic rings. The molecule has 0 unspecified atom stereocenters. The lowest BCUT2D eigenvalue weighted by atomic mass is 10.1. The quantitative estimate of drug-likeness (QED) is 0.566. The number of hydrogen-bond acceptors (Lipinski definition) is 8. The lowest BCUT2D eigenvalue weighted by Gasteiger charge is -2.43. The lowest BCUT2D eigenvalue weighted by molar-refractivity contribution is 0.0107. The van der Waals surface area contributed by atoms with E-state index < -0.39 is 5.60 Å². The minimum Gasteiger partial charge on any atom is -0.444 e. The molecule has 2 aromatic heterocycles. The maximum atomic E-state index is 12.8. The van der Waals surface area contributed by atoms with E-state index in [1.54, 1.807) is 31.0 Å². The standard InChI is InChI=1S/C24H27N7O2/c1-23(2,3)33-22(32)31-11-10-30(16-24(31)6-7-24)21-15-29-28-14-20(21)27-13-17-4-5-18-19(12-17)26-9-8-25-18/h4-5,8-9,12-15H,6-7,10-11,16H2,1-3H3. The molecule has 5 rings (SSSR count). The number of aromatic nitrogens is 4. The molecule has 1 amide bonds. The van der Waals surface area contributed by atoms with Crippen molar-refractivity contribution in [1.82, 2.24) is 25.1 Å². The number of fused-ring (bicyclic) bond motifs is 1. The van der Waals surface area contributed by atoms with E-state index in [1.807, 2.05) is 43.9 Å². The molecule has 1 aromatic carbocycles. The Morgan fingerprint density at radius 1 is 1.09 bits per heavy atom. The topological polar surface area (TPSA) is 96.7 Å². The van der Waals surface area contributed by atoms with Crippen molar-refractivity contribution in [3.05, 3.63) is 48.5 Å². The van der Waals surface area contributed by atoms with Crippen LogP contribution in [-0.2, 0) is 4.74 Å². The van der Waals surface area contributed by atoms with Crippen molar-refractivity contribution in [2.45, 2.75) is 44.8 Å². The van der Waals surface area contributed by atoms with Gasteiger partial charge >= 0.3 is 6.09 Å². The van der Waals surface area contributed by atoms with Crippen molar-refractivity contribution < 1.29 is 9.53 Å². The Hall–Kier alpha value is -3.62. The summed E-state index contributed by atoms with van der Waals surface area (Å²) in [7, 11) is 0. The predicted octanol–water partition coefficient (Wildman–Crippen LogP) is 3.76. The summed E-state index contributed by atoms with van der Waals surface area (Å²) in [5, 5.41) is 8.14. The second kappa shape index (κ2) is 8.06. The van der Waals surface area contributed by atoms with Crippen molar-refractivity contribution in [2.75, 3.05) is 24.5 Å². The van der Waals surface area contributed by atoms with Crippen LogP contribution in [0.4, 0.5) is 16.2 Å². The number of rotatable bonds is 3. The second-order valence-corrected chi connectivity index (χ2v) is 9.60. The van der Waals surface area contributed by atoms with Crippen molar-refractivity contribution in [3.8, 4) is 0 Å². The van der Waals surface area contributed by atoms with Gasteiger partial charge in [-0.05, 0) is 51.3 Å². The summed E-state index contributed by atoms with van der Waals surface area (Å²) in [5.41, 5.74) is 3.57. The van der Waals surface area contributed by atoms with Crippen LogP contribution < -0.4 is 4.90 Å². The highest BCUT2D eigenvalue weighted by Gasteiger charge is 2.54. The van der Waals surface area contributed by atoms with Gasteiger partial charge in [-0.15, -0.1) is 0 Å². The van der Waals surface area contributed by atoms with Gasteiger partial charge in [-0.25, -0.2) is 4.79 Å². The number of carbonyl (C=O) groups excluding carboxylic acids is 1. The molecule has 0 atom stereocenters. The minimum atomic E-state index is -0.504. The third kappa shape index (κ3) is 4.48. The van der Waals surface area contributed by atoms with E-state index in [4.69, 9.17) is 9.73 Å². The minimum absolute atomic E-state index is 0.179. The largest absolute Gasteiger partial charge is 0.444 e. The summed E-state index contributed by atoms with van der Waals surface area (Å²) in [6.45, 7) is 7.71. The van der Waals surface area contributed by atoms with Crippen LogP contribution in [0.2, 0.25) is 0 Å². The second-order valence-electron chi connectivity index (χ2n) is 9.60. The molecule has 0 N–H and O–H groups in total. The Balaban J connectivity index is 1.35. The third-order valence-corrected chi connectivity index (χ3v) is 5.97. The number of nitrogens with zero attached hydrogens (tertiary/aromatic N) is 7. The summed E-state index contributed by atoms with van der Waals surface area (Å²) in [6, 6.07) is 5.86. The Morgan fingerprint density at radius 3 is 2.61 bits per heavy atom. The van der Waals surface area contributed by atoms with E-state index >= 15 is 0 Å². The molecule has 1 aliphatic heterocycles. The van der Waals surface area contributed by atoms with Crippen molar-refractivity contribution in [1.29, 1.82) is 0 Å². The first-order valence-corrected chi connectivity index (χ1v) is 11.1. The number of piperazine rings is 1. The van der Waals surface area contributed by atoms with Crippen molar-refractivity contribution in [2.24, 2.45) is 4.99 Å². The van der Waals surface area contributed by atoms with E-state index in [2.05, 4.69) is 25.1 Å². The van der Waals surface area contributed by atoms with Gasteiger partial charge in [-0.2, -0.15) is 10.2 Å². The van der Waals surface area contributed by atoms with E-state index in [0.29, 0.717) is 13.1 Å². The molecule has 1 spiro atoms. The summed E-state index contributed by atoms with van der Waals surface area (Å²) >= 11 is 0. The van der Waals surface area contributed by atoms with Gasteiger partial charge < -0.3 is 9.64 Å². The van der Waals surface area contributed by atoms with E-state index in [9.17, 15) is 4.79 Å². The van der Waals surface area contributed by atoms with Crippen LogP contribution in [-0.4, -0.2) is 68.1 Å². The van der Waals surface area contributed by atoms with E-state index in [1.165, 1.54) is 0 Å². The molecule has 33 heavy (non-hydrogen) atoms.